The zero-order chi connectivity index (χ0) is 16.6. The summed E-state index contributed by atoms with van der Waals surface area (Å²) in [4.78, 5) is 12.3. The van der Waals surface area contributed by atoms with Crippen molar-refractivity contribution < 1.29 is 24.1 Å². The molecule has 0 unspecified atom stereocenters. The third-order valence-corrected chi connectivity index (χ3v) is 3.47. The van der Waals surface area contributed by atoms with Crippen LogP contribution in [0.15, 0.2) is 45.6 Å². The molecule has 1 aromatic heterocycles. The molecule has 0 saturated heterocycles. The molecule has 1 heterocycles. The highest BCUT2D eigenvalue weighted by atomic mass is 16.5. The van der Waals surface area contributed by atoms with Crippen LogP contribution >= 0.6 is 0 Å². The van der Waals surface area contributed by atoms with Crippen LogP contribution in [0.2, 0.25) is 0 Å². The predicted molar refractivity (Wildman–Crippen MR) is 84.4 cm³/mol. The van der Waals surface area contributed by atoms with Crippen LogP contribution in [0, 0.1) is 0 Å². The van der Waals surface area contributed by atoms with Crippen molar-refractivity contribution in [3.8, 4) is 34.3 Å². The number of methoxy groups -OCH3 is 2. The van der Waals surface area contributed by atoms with Gasteiger partial charge in [-0.15, -0.1) is 0 Å². The molecule has 0 aliphatic carbocycles. The average molecular weight is 314 g/mol. The van der Waals surface area contributed by atoms with Gasteiger partial charge in [-0.1, -0.05) is 0 Å². The standard InChI is InChI=1S/C17H14O6/c1-21-10-3-4-14(22-2)11(7-10)15-8-13(20)17-12(19)5-9(18)6-16(17)23-15/h3-8,18-19H,1-2H3. The highest BCUT2D eigenvalue weighted by molar-refractivity contribution is 5.86. The van der Waals surface area contributed by atoms with Gasteiger partial charge in [0.2, 0.25) is 0 Å². The molecule has 0 bridgehead atoms. The lowest BCUT2D eigenvalue weighted by Gasteiger charge is -2.10. The van der Waals surface area contributed by atoms with E-state index in [-0.39, 0.29) is 28.2 Å². The number of benzene rings is 2. The molecule has 0 saturated carbocycles. The van der Waals surface area contributed by atoms with Gasteiger partial charge < -0.3 is 24.1 Å². The van der Waals surface area contributed by atoms with Gasteiger partial charge in [-0.2, -0.15) is 0 Å². The van der Waals surface area contributed by atoms with E-state index >= 15 is 0 Å². The predicted octanol–water partition coefficient (Wildman–Crippen LogP) is 2.89. The number of phenolic OH excluding ortho intramolecular Hbond substituents is 2. The lowest BCUT2D eigenvalue weighted by Crippen LogP contribution is -2.01. The molecule has 0 fully saturated rings. The molecule has 118 valence electrons. The molecular formula is C17H14O6. The Kier molecular flexibility index (Phi) is 3.57. The van der Waals surface area contributed by atoms with Gasteiger partial charge in [-0.3, -0.25) is 4.79 Å². The summed E-state index contributed by atoms with van der Waals surface area (Å²) in [6, 6.07) is 8.71. The van der Waals surface area contributed by atoms with E-state index in [1.165, 1.54) is 26.4 Å². The average Bonchev–Trinajstić information content (AvgIpc) is 2.53. The molecule has 2 aromatic carbocycles. The number of hydrogen-bond acceptors (Lipinski definition) is 6. The summed E-state index contributed by atoms with van der Waals surface area (Å²) in [5.41, 5.74) is 0.173. The number of ether oxygens (including phenoxy) is 2. The molecule has 0 aliphatic heterocycles. The summed E-state index contributed by atoms with van der Waals surface area (Å²) in [5, 5.41) is 19.4. The zero-order valence-electron chi connectivity index (χ0n) is 12.5. The van der Waals surface area contributed by atoms with E-state index in [2.05, 4.69) is 0 Å². The highest BCUT2D eigenvalue weighted by Crippen LogP contribution is 2.35. The van der Waals surface area contributed by atoms with Gasteiger partial charge in [0.1, 0.15) is 39.7 Å². The zero-order valence-corrected chi connectivity index (χ0v) is 12.5. The Labute approximate surface area is 131 Å². The SMILES string of the molecule is COc1ccc(OC)c(-c2cc(=O)c3c(O)cc(O)cc3o2)c1. The van der Waals surface area contributed by atoms with Gasteiger partial charge in [0, 0.05) is 18.2 Å². The number of hydrogen-bond donors (Lipinski definition) is 2. The quantitative estimate of drug-likeness (QED) is 0.772. The first-order valence-electron chi connectivity index (χ1n) is 6.75. The number of rotatable bonds is 3. The molecule has 6 nitrogen and oxygen atoms in total. The molecule has 23 heavy (non-hydrogen) atoms. The fourth-order valence-corrected chi connectivity index (χ4v) is 2.39. The Hall–Kier alpha value is -3.15. The van der Waals surface area contributed by atoms with E-state index in [0.29, 0.717) is 17.1 Å². The topological polar surface area (TPSA) is 89.1 Å². The second-order valence-corrected chi connectivity index (χ2v) is 4.88. The van der Waals surface area contributed by atoms with Crippen molar-refractivity contribution in [1.29, 1.82) is 0 Å². The monoisotopic (exact) mass is 314 g/mol. The highest BCUT2D eigenvalue weighted by Gasteiger charge is 2.15. The Morgan fingerprint density at radius 1 is 1.00 bits per heavy atom. The Morgan fingerprint density at radius 3 is 2.48 bits per heavy atom. The van der Waals surface area contributed by atoms with Crippen LogP contribution in [-0.2, 0) is 0 Å². The first kappa shape index (κ1) is 14.8. The summed E-state index contributed by atoms with van der Waals surface area (Å²) in [6.07, 6.45) is 0. The summed E-state index contributed by atoms with van der Waals surface area (Å²) >= 11 is 0. The van der Waals surface area contributed by atoms with E-state index in [0.717, 1.165) is 6.07 Å². The minimum atomic E-state index is -0.427. The van der Waals surface area contributed by atoms with E-state index in [1.54, 1.807) is 18.2 Å². The van der Waals surface area contributed by atoms with E-state index in [9.17, 15) is 15.0 Å². The van der Waals surface area contributed by atoms with Crippen molar-refractivity contribution >= 4 is 11.0 Å². The maximum atomic E-state index is 12.3. The minimum absolute atomic E-state index is 0.00779. The maximum Gasteiger partial charge on any atom is 0.197 e. The van der Waals surface area contributed by atoms with Gasteiger partial charge >= 0.3 is 0 Å². The van der Waals surface area contributed by atoms with Crippen molar-refractivity contribution in [3.05, 3.63) is 46.6 Å². The summed E-state index contributed by atoms with van der Waals surface area (Å²) < 4.78 is 16.1. The minimum Gasteiger partial charge on any atom is -0.508 e. The van der Waals surface area contributed by atoms with Crippen molar-refractivity contribution in [2.75, 3.05) is 14.2 Å². The molecule has 0 aliphatic rings. The van der Waals surface area contributed by atoms with Crippen molar-refractivity contribution in [1.82, 2.24) is 0 Å². The van der Waals surface area contributed by atoms with Crippen LogP contribution in [0.3, 0.4) is 0 Å². The van der Waals surface area contributed by atoms with Gasteiger partial charge in [0.15, 0.2) is 5.43 Å². The third kappa shape index (κ3) is 2.55. The number of phenols is 2. The van der Waals surface area contributed by atoms with Crippen LogP contribution in [0.1, 0.15) is 0 Å². The Balaban J connectivity index is 2.31. The number of fused-ring (bicyclic) bond motifs is 1. The lowest BCUT2D eigenvalue weighted by molar-refractivity contribution is 0.403. The van der Waals surface area contributed by atoms with Crippen LogP contribution in [0.25, 0.3) is 22.3 Å². The van der Waals surface area contributed by atoms with Crippen LogP contribution in [0.5, 0.6) is 23.0 Å². The summed E-state index contributed by atoms with van der Waals surface area (Å²) in [6.45, 7) is 0. The van der Waals surface area contributed by atoms with Crippen molar-refractivity contribution in [2.24, 2.45) is 0 Å². The van der Waals surface area contributed by atoms with Gasteiger partial charge in [-0.05, 0) is 18.2 Å². The molecular weight excluding hydrogens is 300 g/mol. The smallest absolute Gasteiger partial charge is 0.197 e. The van der Waals surface area contributed by atoms with Crippen molar-refractivity contribution in [2.45, 2.75) is 0 Å². The normalized spacial score (nSPS) is 10.7. The van der Waals surface area contributed by atoms with Crippen molar-refractivity contribution in [3.63, 3.8) is 0 Å². The Bertz CT molecular complexity index is 942. The third-order valence-electron chi connectivity index (χ3n) is 3.47. The van der Waals surface area contributed by atoms with Crippen LogP contribution in [-0.4, -0.2) is 24.4 Å². The van der Waals surface area contributed by atoms with Crippen LogP contribution in [0.4, 0.5) is 0 Å². The summed E-state index contributed by atoms with van der Waals surface area (Å²) in [5.74, 6) is 0.772. The second kappa shape index (κ2) is 5.57. The summed E-state index contributed by atoms with van der Waals surface area (Å²) in [7, 11) is 3.03. The molecule has 0 spiro atoms. The fourth-order valence-electron chi connectivity index (χ4n) is 2.39. The van der Waals surface area contributed by atoms with Crippen LogP contribution < -0.4 is 14.9 Å². The van der Waals surface area contributed by atoms with E-state index in [4.69, 9.17) is 13.9 Å². The Morgan fingerprint density at radius 2 is 1.78 bits per heavy atom. The van der Waals surface area contributed by atoms with Gasteiger partial charge in [-0.25, -0.2) is 0 Å². The molecule has 6 heteroatoms. The molecule has 0 atom stereocenters. The second-order valence-electron chi connectivity index (χ2n) is 4.88. The largest absolute Gasteiger partial charge is 0.508 e. The first-order valence-corrected chi connectivity index (χ1v) is 6.75. The van der Waals surface area contributed by atoms with Gasteiger partial charge in [0.25, 0.3) is 0 Å². The van der Waals surface area contributed by atoms with E-state index < -0.39 is 5.43 Å². The molecule has 0 radical (unpaired) electrons. The van der Waals surface area contributed by atoms with E-state index in [1.807, 2.05) is 0 Å². The lowest BCUT2D eigenvalue weighted by atomic mass is 10.1. The number of aromatic hydroxyl groups is 2. The first-order chi connectivity index (χ1) is 11.0. The molecule has 2 N–H and O–H groups in total. The molecule has 0 amide bonds. The fraction of sp³-hybridized carbons (Fsp3) is 0.118. The maximum absolute atomic E-state index is 12.3. The molecule has 3 aromatic rings. The molecule has 3 rings (SSSR count). The van der Waals surface area contributed by atoms with Gasteiger partial charge in [0.05, 0.1) is 19.8 Å².